The quantitative estimate of drug-likeness (QED) is 0.663. The first-order valence-corrected chi connectivity index (χ1v) is 5.45. The van der Waals surface area contributed by atoms with Crippen LogP contribution in [0.1, 0.15) is 25.0 Å². The molecule has 1 aromatic rings. The normalized spacial score (nSPS) is 23.9. The summed E-state index contributed by atoms with van der Waals surface area (Å²) in [6.45, 7) is 3.76. The van der Waals surface area contributed by atoms with Crippen LogP contribution in [-0.4, -0.2) is 5.92 Å². The van der Waals surface area contributed by atoms with E-state index in [-0.39, 0.29) is 12.3 Å². The molecule has 0 saturated heterocycles. The van der Waals surface area contributed by atoms with Gasteiger partial charge in [-0.05, 0) is 23.5 Å². The van der Waals surface area contributed by atoms with Gasteiger partial charge in [0.15, 0.2) is 0 Å². The molecule has 0 nitrogen and oxygen atoms in total. The van der Waals surface area contributed by atoms with Gasteiger partial charge in [0.05, 0.1) is 0 Å². The summed E-state index contributed by atoms with van der Waals surface area (Å²) in [4.78, 5) is 0. The van der Waals surface area contributed by atoms with Gasteiger partial charge in [-0.15, -0.1) is 0 Å². The van der Waals surface area contributed by atoms with E-state index in [1.165, 1.54) is 0 Å². The van der Waals surface area contributed by atoms with E-state index in [9.17, 15) is 8.78 Å². The van der Waals surface area contributed by atoms with Crippen LogP contribution in [0.15, 0.2) is 24.3 Å². The van der Waals surface area contributed by atoms with Gasteiger partial charge in [-0.25, -0.2) is 8.78 Å². The lowest BCUT2D eigenvalue weighted by Crippen LogP contribution is -2.39. The van der Waals surface area contributed by atoms with Gasteiger partial charge in [0, 0.05) is 12.3 Å². The van der Waals surface area contributed by atoms with E-state index >= 15 is 0 Å². The highest BCUT2D eigenvalue weighted by Crippen LogP contribution is 2.41. The molecule has 1 aromatic carbocycles. The number of alkyl halides is 2. The second-order valence-electron chi connectivity index (χ2n) is 4.76. The van der Waals surface area contributed by atoms with Crippen molar-refractivity contribution in [3.05, 3.63) is 35.4 Å². The summed E-state index contributed by atoms with van der Waals surface area (Å²) in [5.41, 5.74) is 1.92. The zero-order valence-electron chi connectivity index (χ0n) is 9.13. The molecule has 1 aliphatic rings. The third-order valence-corrected chi connectivity index (χ3v) is 3.33. The van der Waals surface area contributed by atoms with Gasteiger partial charge in [0.2, 0.25) is 0 Å². The lowest BCUT2D eigenvalue weighted by atomic mass is 9.75. The third-order valence-electron chi connectivity index (χ3n) is 3.33. The summed E-state index contributed by atoms with van der Waals surface area (Å²) in [6.07, 6.45) is 0.423. The minimum absolute atomic E-state index is 0.0355. The fourth-order valence-electron chi connectivity index (χ4n) is 2.42. The Bertz CT molecular complexity index is 355. The Morgan fingerprint density at radius 1 is 1.20 bits per heavy atom. The number of halogens is 2. The van der Waals surface area contributed by atoms with Crippen LogP contribution < -0.4 is 0 Å². The molecular formula is C13H16F2. The summed E-state index contributed by atoms with van der Waals surface area (Å²) >= 11 is 0. The molecule has 82 valence electrons. The molecule has 0 radical (unpaired) electrons. The predicted octanol–water partition coefficient (Wildman–Crippen LogP) is 3.69. The van der Waals surface area contributed by atoms with Crippen molar-refractivity contribution in [2.45, 2.75) is 32.6 Å². The molecule has 15 heavy (non-hydrogen) atoms. The second-order valence-corrected chi connectivity index (χ2v) is 4.76. The number of hydrogen-bond donors (Lipinski definition) is 0. The van der Waals surface area contributed by atoms with Crippen LogP contribution in [-0.2, 0) is 12.8 Å². The fourth-order valence-corrected chi connectivity index (χ4v) is 2.42. The fraction of sp³-hybridized carbons (Fsp3) is 0.538. The second kappa shape index (κ2) is 3.58. The van der Waals surface area contributed by atoms with E-state index < -0.39 is 11.8 Å². The number of fused-ring (bicyclic) bond motifs is 1. The molecule has 0 N–H and O–H groups in total. The topological polar surface area (TPSA) is 0 Å². The standard InChI is InChI=1S/C13H16F2/c1-9(2)12-7-10-5-3-4-6-11(10)8-13(12,14)15/h3-6,9,12H,7-8H2,1-2H3. The van der Waals surface area contributed by atoms with E-state index in [0.29, 0.717) is 6.42 Å². The minimum Gasteiger partial charge on any atom is -0.206 e. The molecule has 0 saturated carbocycles. The maximum Gasteiger partial charge on any atom is 0.255 e. The molecule has 1 unspecified atom stereocenters. The molecule has 0 aromatic heterocycles. The van der Waals surface area contributed by atoms with Crippen molar-refractivity contribution >= 4 is 0 Å². The van der Waals surface area contributed by atoms with Crippen LogP contribution in [0, 0.1) is 11.8 Å². The zero-order chi connectivity index (χ0) is 11.1. The van der Waals surface area contributed by atoms with Crippen molar-refractivity contribution in [1.29, 1.82) is 0 Å². The molecule has 0 amide bonds. The Kier molecular flexibility index (Phi) is 2.53. The van der Waals surface area contributed by atoms with E-state index in [2.05, 4.69) is 0 Å². The molecule has 2 rings (SSSR count). The molecule has 0 spiro atoms. The Balaban J connectivity index is 2.36. The minimum atomic E-state index is -2.54. The maximum absolute atomic E-state index is 13.8. The summed E-state index contributed by atoms with van der Waals surface area (Å²) in [7, 11) is 0. The van der Waals surface area contributed by atoms with Crippen molar-refractivity contribution in [3.63, 3.8) is 0 Å². The SMILES string of the molecule is CC(C)C1Cc2ccccc2CC1(F)F. The third kappa shape index (κ3) is 1.90. The molecular weight excluding hydrogens is 194 g/mol. The van der Waals surface area contributed by atoms with E-state index in [4.69, 9.17) is 0 Å². The highest BCUT2D eigenvalue weighted by atomic mass is 19.3. The van der Waals surface area contributed by atoms with Crippen LogP contribution in [0.3, 0.4) is 0 Å². The Morgan fingerprint density at radius 2 is 1.80 bits per heavy atom. The van der Waals surface area contributed by atoms with Crippen molar-refractivity contribution in [3.8, 4) is 0 Å². The van der Waals surface area contributed by atoms with E-state index in [0.717, 1.165) is 11.1 Å². The average Bonchev–Trinajstić information content (AvgIpc) is 2.14. The van der Waals surface area contributed by atoms with Gasteiger partial charge in [-0.1, -0.05) is 38.1 Å². The lowest BCUT2D eigenvalue weighted by Gasteiger charge is -2.35. The van der Waals surface area contributed by atoms with Gasteiger partial charge >= 0.3 is 0 Å². The monoisotopic (exact) mass is 210 g/mol. The molecule has 1 atom stereocenters. The molecule has 0 heterocycles. The highest BCUT2D eigenvalue weighted by molar-refractivity contribution is 5.31. The number of hydrogen-bond acceptors (Lipinski definition) is 0. The zero-order valence-corrected chi connectivity index (χ0v) is 9.13. The first-order valence-electron chi connectivity index (χ1n) is 5.45. The van der Waals surface area contributed by atoms with Crippen LogP contribution in [0.4, 0.5) is 8.78 Å². The Morgan fingerprint density at radius 3 is 2.40 bits per heavy atom. The molecule has 0 aliphatic heterocycles. The average molecular weight is 210 g/mol. The van der Waals surface area contributed by atoms with Crippen LogP contribution in [0.5, 0.6) is 0 Å². The largest absolute Gasteiger partial charge is 0.255 e. The van der Waals surface area contributed by atoms with Crippen molar-refractivity contribution in [2.75, 3.05) is 0 Å². The lowest BCUT2D eigenvalue weighted by molar-refractivity contribution is -0.0802. The Labute approximate surface area is 89.3 Å². The first kappa shape index (κ1) is 10.6. The highest BCUT2D eigenvalue weighted by Gasteiger charge is 2.44. The van der Waals surface area contributed by atoms with Crippen LogP contribution in [0.25, 0.3) is 0 Å². The smallest absolute Gasteiger partial charge is 0.206 e. The number of rotatable bonds is 1. The number of benzene rings is 1. The molecule has 0 fully saturated rings. The predicted molar refractivity (Wildman–Crippen MR) is 57.1 cm³/mol. The van der Waals surface area contributed by atoms with Crippen LogP contribution >= 0.6 is 0 Å². The van der Waals surface area contributed by atoms with E-state index in [1.807, 2.05) is 38.1 Å². The molecule has 1 aliphatic carbocycles. The summed E-state index contributed by atoms with van der Waals surface area (Å²) in [6, 6.07) is 7.56. The van der Waals surface area contributed by atoms with Crippen LogP contribution in [0.2, 0.25) is 0 Å². The molecule has 2 heteroatoms. The summed E-state index contributed by atoms with van der Waals surface area (Å²) in [5, 5.41) is 0. The maximum atomic E-state index is 13.8. The van der Waals surface area contributed by atoms with Crippen molar-refractivity contribution in [2.24, 2.45) is 11.8 Å². The van der Waals surface area contributed by atoms with Gasteiger partial charge in [-0.3, -0.25) is 0 Å². The Hall–Kier alpha value is -0.920. The van der Waals surface area contributed by atoms with E-state index in [1.54, 1.807) is 0 Å². The molecule has 0 bridgehead atoms. The summed E-state index contributed by atoms with van der Waals surface area (Å²) in [5.74, 6) is -3.01. The van der Waals surface area contributed by atoms with Gasteiger partial charge in [-0.2, -0.15) is 0 Å². The van der Waals surface area contributed by atoms with Crippen molar-refractivity contribution < 1.29 is 8.78 Å². The van der Waals surface area contributed by atoms with Gasteiger partial charge < -0.3 is 0 Å². The first-order chi connectivity index (χ1) is 7.00. The van der Waals surface area contributed by atoms with Crippen molar-refractivity contribution in [1.82, 2.24) is 0 Å². The van der Waals surface area contributed by atoms with Gasteiger partial charge in [0.25, 0.3) is 5.92 Å². The summed E-state index contributed by atoms with van der Waals surface area (Å²) < 4.78 is 27.6. The van der Waals surface area contributed by atoms with Gasteiger partial charge in [0.1, 0.15) is 0 Å².